The lowest BCUT2D eigenvalue weighted by Crippen LogP contribution is -2.53. The van der Waals surface area contributed by atoms with Crippen LogP contribution in [-0.2, 0) is 14.3 Å². The van der Waals surface area contributed by atoms with Crippen molar-refractivity contribution in [2.75, 3.05) is 26.9 Å². The Morgan fingerprint density at radius 2 is 2.26 bits per heavy atom. The zero-order valence-electron chi connectivity index (χ0n) is 10.1. The number of H-pyrrole nitrogens is 1. The van der Waals surface area contributed by atoms with E-state index in [1.165, 1.54) is 18.1 Å². The van der Waals surface area contributed by atoms with Crippen LogP contribution in [-0.4, -0.2) is 54.7 Å². The van der Waals surface area contributed by atoms with E-state index in [0.717, 1.165) is 0 Å². The fraction of sp³-hybridized carbons (Fsp3) is 0.455. The predicted molar refractivity (Wildman–Crippen MR) is 68.5 cm³/mol. The average Bonchev–Trinajstić information content (AvgIpc) is 2.77. The van der Waals surface area contributed by atoms with Gasteiger partial charge in [-0.2, -0.15) is 0 Å². The third-order valence-electron chi connectivity index (χ3n) is 2.82. The van der Waals surface area contributed by atoms with Crippen LogP contribution in [0, 0.1) is 0 Å². The molecule has 1 aliphatic heterocycles. The van der Waals surface area contributed by atoms with E-state index in [0.29, 0.717) is 13.2 Å². The smallest absolute Gasteiger partial charge is 0.331 e. The first-order valence-electron chi connectivity index (χ1n) is 5.55. The first kappa shape index (κ1) is 14.2. The highest BCUT2D eigenvalue weighted by Crippen LogP contribution is 2.23. The van der Waals surface area contributed by atoms with Gasteiger partial charge in [0.2, 0.25) is 0 Å². The summed E-state index contributed by atoms with van der Waals surface area (Å²) in [5, 5.41) is 0.445. The Morgan fingerprint density at radius 3 is 2.84 bits per heavy atom. The van der Waals surface area contributed by atoms with Crippen LogP contribution >= 0.6 is 23.2 Å². The zero-order chi connectivity index (χ0) is 14.0. The highest BCUT2D eigenvalue weighted by Gasteiger charge is 2.34. The number of hydrogen-bond donors (Lipinski definition) is 1. The number of ether oxygens (including phenoxy) is 2. The molecule has 1 aliphatic rings. The lowest BCUT2D eigenvalue weighted by atomic mass is 10.2. The number of halogens is 2. The molecule has 1 aromatic heterocycles. The summed E-state index contributed by atoms with van der Waals surface area (Å²) in [5.74, 6) is -0.885. The number of aromatic nitrogens is 1. The standard InChI is InChI=1S/C11H12Cl2N2O4/c1-18-11(17)8-5-19-3-2-15(8)10(16)7-4-6(12)9(13)14-7/h4,8,14H,2-3,5H2,1H3. The van der Waals surface area contributed by atoms with Crippen molar-refractivity contribution in [1.29, 1.82) is 0 Å². The van der Waals surface area contributed by atoms with Crippen molar-refractivity contribution in [2.24, 2.45) is 0 Å². The summed E-state index contributed by atoms with van der Waals surface area (Å²) in [7, 11) is 1.27. The molecule has 1 N–H and O–H groups in total. The molecule has 0 aliphatic carbocycles. The van der Waals surface area contributed by atoms with Crippen molar-refractivity contribution >= 4 is 35.1 Å². The minimum Gasteiger partial charge on any atom is -0.467 e. The molecular formula is C11H12Cl2N2O4. The number of nitrogens with one attached hydrogen (secondary N) is 1. The van der Waals surface area contributed by atoms with Crippen molar-refractivity contribution in [3.63, 3.8) is 0 Å². The maximum Gasteiger partial charge on any atom is 0.331 e. The molecule has 0 saturated carbocycles. The topological polar surface area (TPSA) is 71.6 Å². The van der Waals surface area contributed by atoms with E-state index in [9.17, 15) is 9.59 Å². The van der Waals surface area contributed by atoms with Crippen molar-refractivity contribution < 1.29 is 19.1 Å². The van der Waals surface area contributed by atoms with E-state index in [-0.39, 0.29) is 28.4 Å². The van der Waals surface area contributed by atoms with Gasteiger partial charge in [0.1, 0.15) is 10.8 Å². The minimum absolute atomic E-state index is 0.112. The highest BCUT2D eigenvalue weighted by atomic mass is 35.5. The number of methoxy groups -OCH3 is 1. The molecule has 0 aromatic carbocycles. The molecule has 1 amide bonds. The monoisotopic (exact) mass is 306 g/mol. The van der Waals surface area contributed by atoms with E-state index in [1.807, 2.05) is 0 Å². The van der Waals surface area contributed by atoms with Crippen LogP contribution in [0.15, 0.2) is 6.07 Å². The molecule has 8 heteroatoms. The van der Waals surface area contributed by atoms with Crippen LogP contribution in [0.1, 0.15) is 10.5 Å². The van der Waals surface area contributed by atoms with Gasteiger partial charge in [-0.3, -0.25) is 4.79 Å². The van der Waals surface area contributed by atoms with Gasteiger partial charge in [0.05, 0.1) is 25.3 Å². The minimum atomic E-state index is -0.757. The van der Waals surface area contributed by atoms with E-state index in [2.05, 4.69) is 9.72 Å². The summed E-state index contributed by atoms with van der Waals surface area (Å²) in [6.45, 7) is 0.773. The summed E-state index contributed by atoms with van der Waals surface area (Å²) in [5.41, 5.74) is 0.228. The number of amides is 1. The number of morpholine rings is 1. The third kappa shape index (κ3) is 2.86. The van der Waals surface area contributed by atoms with Crippen LogP contribution in [0.5, 0.6) is 0 Å². The molecular weight excluding hydrogens is 295 g/mol. The number of carbonyl (C=O) groups is 2. The maximum absolute atomic E-state index is 12.3. The Labute approximate surface area is 119 Å². The fourth-order valence-corrected chi connectivity index (χ4v) is 2.16. The number of esters is 1. The van der Waals surface area contributed by atoms with Gasteiger partial charge >= 0.3 is 5.97 Å². The van der Waals surface area contributed by atoms with E-state index < -0.39 is 12.0 Å². The number of hydrogen-bond acceptors (Lipinski definition) is 4. The first-order chi connectivity index (χ1) is 9.04. The van der Waals surface area contributed by atoms with Gasteiger partial charge in [-0.25, -0.2) is 4.79 Å². The zero-order valence-corrected chi connectivity index (χ0v) is 11.6. The lowest BCUT2D eigenvalue weighted by molar-refractivity contribution is -0.151. The van der Waals surface area contributed by atoms with Gasteiger partial charge in [-0.1, -0.05) is 23.2 Å². The average molecular weight is 307 g/mol. The van der Waals surface area contributed by atoms with Gasteiger partial charge in [0, 0.05) is 6.54 Å². The van der Waals surface area contributed by atoms with E-state index in [4.69, 9.17) is 27.9 Å². The molecule has 1 fully saturated rings. The Morgan fingerprint density at radius 1 is 1.53 bits per heavy atom. The lowest BCUT2D eigenvalue weighted by Gasteiger charge is -2.33. The van der Waals surface area contributed by atoms with E-state index >= 15 is 0 Å². The molecule has 0 radical (unpaired) electrons. The molecule has 2 rings (SSSR count). The van der Waals surface area contributed by atoms with Crippen molar-refractivity contribution in [2.45, 2.75) is 6.04 Å². The van der Waals surface area contributed by atoms with Gasteiger partial charge in [0.25, 0.3) is 5.91 Å². The number of rotatable bonds is 2. The molecule has 1 aromatic rings. The summed E-state index contributed by atoms with van der Waals surface area (Å²) in [4.78, 5) is 28.0. The fourth-order valence-electron chi connectivity index (χ4n) is 1.85. The number of carbonyl (C=O) groups excluding carboxylic acids is 2. The second kappa shape index (κ2) is 5.81. The predicted octanol–water partition coefficient (Wildman–Crippen LogP) is 1.34. The number of nitrogens with zero attached hydrogens (tertiary/aromatic N) is 1. The van der Waals surface area contributed by atoms with Crippen LogP contribution in [0.25, 0.3) is 0 Å². The van der Waals surface area contributed by atoms with Crippen molar-refractivity contribution in [3.05, 3.63) is 21.9 Å². The summed E-state index contributed by atoms with van der Waals surface area (Å²) in [6, 6.07) is 0.669. The second-order valence-electron chi connectivity index (χ2n) is 3.96. The summed E-state index contributed by atoms with van der Waals surface area (Å²) in [6.07, 6.45) is 0. The highest BCUT2D eigenvalue weighted by molar-refractivity contribution is 6.41. The molecule has 1 atom stereocenters. The van der Waals surface area contributed by atoms with Crippen LogP contribution in [0.4, 0.5) is 0 Å². The van der Waals surface area contributed by atoms with Crippen molar-refractivity contribution in [1.82, 2.24) is 9.88 Å². The Balaban J connectivity index is 2.22. The van der Waals surface area contributed by atoms with Crippen LogP contribution in [0.3, 0.4) is 0 Å². The first-order valence-corrected chi connectivity index (χ1v) is 6.30. The second-order valence-corrected chi connectivity index (χ2v) is 4.74. The SMILES string of the molecule is COC(=O)C1COCCN1C(=O)c1cc(Cl)c(Cl)[nH]1. The molecule has 2 heterocycles. The Hall–Kier alpha value is -1.24. The molecule has 0 bridgehead atoms. The van der Waals surface area contributed by atoms with Crippen LogP contribution in [0.2, 0.25) is 10.2 Å². The van der Waals surface area contributed by atoms with Gasteiger partial charge in [-0.05, 0) is 6.07 Å². The molecule has 1 saturated heterocycles. The Bertz CT molecular complexity index is 483. The largest absolute Gasteiger partial charge is 0.467 e. The molecule has 6 nitrogen and oxygen atoms in total. The maximum atomic E-state index is 12.3. The van der Waals surface area contributed by atoms with Crippen LogP contribution < -0.4 is 0 Å². The quantitative estimate of drug-likeness (QED) is 0.837. The molecule has 1 unspecified atom stereocenters. The molecule has 19 heavy (non-hydrogen) atoms. The van der Waals surface area contributed by atoms with Gasteiger partial charge in [0.15, 0.2) is 6.04 Å². The van der Waals surface area contributed by atoms with Crippen molar-refractivity contribution in [3.8, 4) is 0 Å². The van der Waals surface area contributed by atoms with E-state index in [1.54, 1.807) is 0 Å². The number of aromatic amines is 1. The summed E-state index contributed by atoms with van der Waals surface area (Å²) < 4.78 is 9.85. The Kier molecular flexibility index (Phi) is 4.34. The van der Waals surface area contributed by atoms with Gasteiger partial charge in [-0.15, -0.1) is 0 Å². The molecule has 104 valence electrons. The third-order valence-corrected chi connectivity index (χ3v) is 3.51. The van der Waals surface area contributed by atoms with Gasteiger partial charge < -0.3 is 19.4 Å². The normalized spacial score (nSPS) is 19.3. The summed E-state index contributed by atoms with van der Waals surface area (Å²) >= 11 is 11.6. The molecule has 0 spiro atoms.